The summed E-state index contributed by atoms with van der Waals surface area (Å²) in [6.07, 6.45) is -2.86. The van der Waals surface area contributed by atoms with E-state index in [1.807, 2.05) is 0 Å². The van der Waals surface area contributed by atoms with Gasteiger partial charge in [-0.05, 0) is 38.1 Å². The minimum absolute atomic E-state index is 0.117. The van der Waals surface area contributed by atoms with Gasteiger partial charge in [-0.1, -0.05) is 17.7 Å². The fraction of sp³-hybridized carbons (Fsp3) is 0.250. The van der Waals surface area contributed by atoms with E-state index in [0.717, 1.165) is 16.7 Å². The van der Waals surface area contributed by atoms with Crippen molar-refractivity contribution in [3.63, 3.8) is 0 Å². The Morgan fingerprint density at radius 2 is 1.97 bits per heavy atom. The van der Waals surface area contributed by atoms with Crippen LogP contribution < -0.4 is 5.32 Å². The van der Waals surface area contributed by atoms with Gasteiger partial charge in [0, 0.05) is 18.1 Å². The Balaban J connectivity index is 1.74. The van der Waals surface area contributed by atoms with Gasteiger partial charge < -0.3 is 14.5 Å². The van der Waals surface area contributed by atoms with E-state index in [-0.39, 0.29) is 34.5 Å². The minimum Gasteiger partial charge on any atom is -0.459 e. The number of benzene rings is 1. The van der Waals surface area contributed by atoms with Crippen molar-refractivity contribution >= 4 is 34.8 Å². The average Bonchev–Trinajstić information content (AvgIpc) is 3.03. The summed E-state index contributed by atoms with van der Waals surface area (Å²) in [5, 5.41) is 2.45. The number of anilines is 1. The maximum atomic E-state index is 12.9. The number of hydrogen-bond donors (Lipinski definition) is 1. The van der Waals surface area contributed by atoms with E-state index in [0.29, 0.717) is 5.69 Å². The van der Waals surface area contributed by atoms with Gasteiger partial charge in [-0.25, -0.2) is 9.78 Å². The van der Waals surface area contributed by atoms with E-state index in [9.17, 15) is 22.8 Å². The van der Waals surface area contributed by atoms with Crippen LogP contribution in [-0.2, 0) is 22.1 Å². The van der Waals surface area contributed by atoms with Crippen molar-refractivity contribution in [2.45, 2.75) is 32.5 Å². The zero-order valence-corrected chi connectivity index (χ0v) is 16.7. The van der Waals surface area contributed by atoms with Gasteiger partial charge >= 0.3 is 12.1 Å². The first-order valence-electron chi connectivity index (χ1n) is 8.88. The molecule has 158 valence electrons. The summed E-state index contributed by atoms with van der Waals surface area (Å²) in [6.45, 7) is 3.45. The van der Waals surface area contributed by atoms with Gasteiger partial charge in [-0.15, -0.1) is 0 Å². The normalized spacial score (nSPS) is 11.7. The van der Waals surface area contributed by atoms with Crippen LogP contribution in [0.2, 0.25) is 5.02 Å². The summed E-state index contributed by atoms with van der Waals surface area (Å²) in [5.41, 5.74) is 0.0912. The number of alkyl halides is 3. The summed E-state index contributed by atoms with van der Waals surface area (Å²) in [4.78, 5) is 28.4. The molecular weight excluding hydrogens is 423 g/mol. The highest BCUT2D eigenvalue weighted by Gasteiger charge is 2.32. The lowest BCUT2D eigenvalue weighted by molar-refractivity contribution is -0.137. The number of carbonyl (C=O) groups is 2. The highest BCUT2D eigenvalue weighted by Crippen LogP contribution is 2.32. The highest BCUT2D eigenvalue weighted by atomic mass is 35.5. The van der Waals surface area contributed by atoms with Crippen LogP contribution in [0.4, 0.5) is 18.9 Å². The quantitative estimate of drug-likeness (QED) is 0.582. The number of carbonyl (C=O) groups excluding carboxylic acids is 2. The number of nitrogens with zero attached hydrogens (tertiary/aromatic N) is 2. The molecule has 3 rings (SSSR count). The van der Waals surface area contributed by atoms with Crippen molar-refractivity contribution < 1.29 is 27.5 Å². The number of esters is 1. The van der Waals surface area contributed by atoms with Crippen LogP contribution in [0.3, 0.4) is 0 Å². The number of ether oxygens (including phenoxy) is 1. The molecule has 10 heteroatoms. The summed E-state index contributed by atoms with van der Waals surface area (Å²) in [6, 6.07) is 7.01. The lowest BCUT2D eigenvalue weighted by Gasteiger charge is -2.09. The van der Waals surface area contributed by atoms with E-state index < -0.39 is 23.6 Å². The Labute approximate surface area is 174 Å². The molecule has 0 bridgehead atoms. The second-order valence-corrected chi connectivity index (χ2v) is 7.20. The topological polar surface area (TPSA) is 72.7 Å². The molecular formula is C20H17ClF3N3O3. The number of hydrogen-bond acceptors (Lipinski definition) is 4. The number of imidazole rings is 1. The number of fused-ring (bicyclic) bond motifs is 1. The Morgan fingerprint density at radius 3 is 2.63 bits per heavy atom. The fourth-order valence-corrected chi connectivity index (χ4v) is 2.98. The van der Waals surface area contributed by atoms with Crippen molar-refractivity contribution in [2.75, 3.05) is 5.32 Å². The van der Waals surface area contributed by atoms with Crippen molar-refractivity contribution in [1.82, 2.24) is 9.38 Å². The van der Waals surface area contributed by atoms with Gasteiger partial charge in [0.05, 0.1) is 34.4 Å². The van der Waals surface area contributed by atoms with Crippen molar-refractivity contribution in [2.24, 2.45) is 0 Å². The summed E-state index contributed by atoms with van der Waals surface area (Å²) in [5.74, 6) is -0.975. The van der Waals surface area contributed by atoms with Crippen molar-refractivity contribution in [3.8, 4) is 0 Å². The molecule has 0 fully saturated rings. The zero-order valence-electron chi connectivity index (χ0n) is 16.0. The first-order valence-corrected chi connectivity index (χ1v) is 9.26. The molecule has 2 aromatic heterocycles. The monoisotopic (exact) mass is 439 g/mol. The second kappa shape index (κ2) is 8.35. The first-order chi connectivity index (χ1) is 14.0. The van der Waals surface area contributed by atoms with Crippen LogP contribution in [-0.4, -0.2) is 27.4 Å². The lowest BCUT2D eigenvalue weighted by atomic mass is 10.2. The molecule has 30 heavy (non-hydrogen) atoms. The first kappa shape index (κ1) is 21.6. The fourth-order valence-electron chi connectivity index (χ4n) is 2.72. The van der Waals surface area contributed by atoms with E-state index >= 15 is 0 Å². The van der Waals surface area contributed by atoms with Gasteiger partial charge in [0.2, 0.25) is 5.91 Å². The van der Waals surface area contributed by atoms with E-state index in [4.69, 9.17) is 16.3 Å². The number of nitrogens with one attached hydrogen (secondary N) is 1. The molecule has 0 aliphatic rings. The molecule has 0 aliphatic carbocycles. The summed E-state index contributed by atoms with van der Waals surface area (Å²) >= 11 is 5.90. The van der Waals surface area contributed by atoms with Crippen molar-refractivity contribution in [1.29, 1.82) is 0 Å². The number of rotatable bonds is 5. The molecule has 0 saturated heterocycles. The molecule has 2 heterocycles. The number of amides is 1. The number of pyridine rings is 1. The standard InChI is InChI=1S/C20H17ClF3N3O3/c1-11(2)30-19(29)12-4-3-5-14(6-12)25-17(28)8-15-10-27-9-13(20(22,23)24)7-16(21)18(27)26-15/h3-7,9-11H,8H2,1-2H3,(H,25,28). The molecule has 6 nitrogen and oxygen atoms in total. The molecule has 1 N–H and O–H groups in total. The molecule has 0 spiro atoms. The zero-order chi connectivity index (χ0) is 22.1. The predicted molar refractivity (Wildman–Crippen MR) is 105 cm³/mol. The van der Waals surface area contributed by atoms with Gasteiger partial charge in [0.15, 0.2) is 5.65 Å². The third-order valence-corrected chi connectivity index (χ3v) is 4.23. The van der Waals surface area contributed by atoms with Crippen molar-refractivity contribution in [3.05, 3.63) is 64.6 Å². The van der Waals surface area contributed by atoms with Crippen LogP contribution in [0, 0.1) is 0 Å². The Morgan fingerprint density at radius 1 is 1.23 bits per heavy atom. The SMILES string of the molecule is CC(C)OC(=O)c1cccc(NC(=O)Cc2cn3cc(C(F)(F)F)cc(Cl)c3n2)c1. The summed E-state index contributed by atoms with van der Waals surface area (Å²) < 4.78 is 45.0. The molecule has 1 amide bonds. The van der Waals surface area contributed by atoms with Crippen LogP contribution in [0.5, 0.6) is 0 Å². The number of halogens is 4. The Kier molecular flexibility index (Phi) is 6.02. The third-order valence-electron chi connectivity index (χ3n) is 3.95. The molecule has 0 aliphatic heterocycles. The Bertz CT molecular complexity index is 1110. The second-order valence-electron chi connectivity index (χ2n) is 6.80. The van der Waals surface area contributed by atoms with E-state index in [1.54, 1.807) is 32.0 Å². The summed E-state index contributed by atoms with van der Waals surface area (Å²) in [7, 11) is 0. The maximum absolute atomic E-state index is 12.9. The predicted octanol–water partition coefficient (Wildman–Crippen LogP) is 4.75. The molecule has 0 saturated carbocycles. The van der Waals surface area contributed by atoms with E-state index in [1.165, 1.54) is 12.3 Å². The van der Waals surface area contributed by atoms with Crippen LogP contribution in [0.25, 0.3) is 5.65 Å². The molecule has 1 aromatic carbocycles. The third kappa shape index (κ3) is 5.10. The molecule has 0 unspecified atom stereocenters. The average molecular weight is 440 g/mol. The Hall–Kier alpha value is -3.07. The van der Waals surface area contributed by atoms with Gasteiger partial charge in [0.25, 0.3) is 0 Å². The lowest BCUT2D eigenvalue weighted by Crippen LogP contribution is -2.16. The maximum Gasteiger partial charge on any atom is 0.417 e. The van der Waals surface area contributed by atoms with E-state index in [2.05, 4.69) is 10.3 Å². The van der Waals surface area contributed by atoms with Crippen LogP contribution in [0.1, 0.15) is 35.5 Å². The van der Waals surface area contributed by atoms with Gasteiger partial charge in [0.1, 0.15) is 0 Å². The largest absolute Gasteiger partial charge is 0.459 e. The van der Waals surface area contributed by atoms with Crippen LogP contribution >= 0.6 is 11.6 Å². The smallest absolute Gasteiger partial charge is 0.417 e. The number of aromatic nitrogens is 2. The highest BCUT2D eigenvalue weighted by molar-refractivity contribution is 6.33. The minimum atomic E-state index is -4.55. The molecule has 3 aromatic rings. The van der Waals surface area contributed by atoms with Crippen LogP contribution in [0.15, 0.2) is 42.7 Å². The molecule has 0 atom stereocenters. The molecule has 0 radical (unpaired) electrons. The van der Waals surface area contributed by atoms with Gasteiger partial charge in [-0.2, -0.15) is 13.2 Å². The van der Waals surface area contributed by atoms with Gasteiger partial charge in [-0.3, -0.25) is 4.79 Å².